The van der Waals surface area contributed by atoms with Crippen LogP contribution in [0.25, 0.3) is 0 Å². The Morgan fingerprint density at radius 1 is 1.33 bits per heavy atom. The molecule has 2 atom stereocenters. The third kappa shape index (κ3) is 5.42. The van der Waals surface area contributed by atoms with Gasteiger partial charge in [-0.25, -0.2) is 0 Å². The smallest absolute Gasteiger partial charge is 0.235 e. The van der Waals surface area contributed by atoms with E-state index in [1.807, 2.05) is 32.6 Å². The fourth-order valence-electron chi connectivity index (χ4n) is 1.45. The van der Waals surface area contributed by atoms with Crippen molar-refractivity contribution in [2.45, 2.75) is 44.6 Å². The number of carbonyl (C=O) groups is 1. The molecule has 0 aliphatic carbocycles. The minimum Gasteiger partial charge on any atom is -0.396 e. The standard InChI is InChI=1S/C11H23NO2S/c1-5-12(6-2)11(14)10(4)15-9(3)7-8-13/h9-10,13H,5-8H2,1-4H3. The number of aliphatic hydroxyl groups is 1. The minimum atomic E-state index is -0.00792. The molecule has 3 nitrogen and oxygen atoms in total. The van der Waals surface area contributed by atoms with Crippen molar-refractivity contribution in [2.75, 3.05) is 19.7 Å². The molecule has 0 aliphatic rings. The number of hydrogen-bond donors (Lipinski definition) is 1. The number of rotatable bonds is 7. The van der Waals surface area contributed by atoms with Crippen molar-refractivity contribution in [1.82, 2.24) is 4.90 Å². The first kappa shape index (κ1) is 14.8. The highest BCUT2D eigenvalue weighted by Crippen LogP contribution is 2.21. The van der Waals surface area contributed by atoms with Crippen LogP contribution in [-0.2, 0) is 4.79 Å². The molecule has 0 heterocycles. The molecule has 1 amide bonds. The molecule has 0 saturated carbocycles. The Morgan fingerprint density at radius 3 is 2.27 bits per heavy atom. The third-order valence-electron chi connectivity index (χ3n) is 2.39. The quantitative estimate of drug-likeness (QED) is 0.728. The Kier molecular flexibility index (Phi) is 7.88. The van der Waals surface area contributed by atoms with Gasteiger partial charge in [0.25, 0.3) is 0 Å². The minimum absolute atomic E-state index is 0.00792. The maximum absolute atomic E-state index is 11.9. The molecule has 0 aromatic heterocycles. The summed E-state index contributed by atoms with van der Waals surface area (Å²) in [4.78, 5) is 13.7. The van der Waals surface area contributed by atoms with Crippen LogP contribution in [0.5, 0.6) is 0 Å². The van der Waals surface area contributed by atoms with E-state index in [9.17, 15) is 4.79 Å². The summed E-state index contributed by atoms with van der Waals surface area (Å²) in [5, 5.41) is 9.11. The van der Waals surface area contributed by atoms with Gasteiger partial charge in [-0.15, -0.1) is 11.8 Å². The average molecular weight is 233 g/mol. The molecular weight excluding hydrogens is 210 g/mol. The van der Waals surface area contributed by atoms with Gasteiger partial charge in [0.05, 0.1) is 5.25 Å². The monoisotopic (exact) mass is 233 g/mol. The van der Waals surface area contributed by atoms with Gasteiger partial charge in [-0.3, -0.25) is 4.79 Å². The van der Waals surface area contributed by atoms with Crippen LogP contribution in [0.4, 0.5) is 0 Å². The van der Waals surface area contributed by atoms with Gasteiger partial charge < -0.3 is 10.0 Å². The molecule has 0 bridgehead atoms. The normalized spacial score (nSPS) is 14.7. The van der Waals surface area contributed by atoms with Gasteiger partial charge in [-0.1, -0.05) is 6.92 Å². The van der Waals surface area contributed by atoms with Gasteiger partial charge in [0.15, 0.2) is 0 Å². The molecule has 0 saturated heterocycles. The molecular formula is C11H23NO2S. The Labute approximate surface area is 97.2 Å². The summed E-state index contributed by atoms with van der Waals surface area (Å²) in [6, 6.07) is 0. The lowest BCUT2D eigenvalue weighted by atomic mass is 10.3. The van der Waals surface area contributed by atoms with Gasteiger partial charge in [0.1, 0.15) is 0 Å². The summed E-state index contributed by atoms with van der Waals surface area (Å²) >= 11 is 1.64. The van der Waals surface area contributed by atoms with E-state index in [1.165, 1.54) is 0 Å². The SMILES string of the molecule is CCN(CC)C(=O)C(C)SC(C)CCO. The fourth-order valence-corrected chi connectivity index (χ4v) is 2.65. The Morgan fingerprint density at radius 2 is 1.87 bits per heavy atom. The van der Waals surface area contributed by atoms with Crippen LogP contribution in [-0.4, -0.2) is 46.1 Å². The van der Waals surface area contributed by atoms with Crippen LogP contribution in [0.3, 0.4) is 0 Å². The summed E-state index contributed by atoms with van der Waals surface area (Å²) in [7, 11) is 0. The molecule has 0 aromatic rings. The lowest BCUT2D eigenvalue weighted by Crippen LogP contribution is -2.36. The summed E-state index contributed by atoms with van der Waals surface area (Å²) < 4.78 is 0. The zero-order valence-corrected chi connectivity index (χ0v) is 11.0. The summed E-state index contributed by atoms with van der Waals surface area (Å²) in [6.07, 6.45) is 0.751. The molecule has 0 rings (SSSR count). The van der Waals surface area contributed by atoms with Crippen molar-refractivity contribution in [3.8, 4) is 0 Å². The Bertz CT molecular complexity index is 183. The number of hydrogen-bond acceptors (Lipinski definition) is 3. The lowest BCUT2D eigenvalue weighted by molar-refractivity contribution is -0.129. The van der Waals surface area contributed by atoms with Crippen LogP contribution < -0.4 is 0 Å². The van der Waals surface area contributed by atoms with Crippen LogP contribution in [0, 0.1) is 0 Å². The number of nitrogens with zero attached hydrogens (tertiary/aromatic N) is 1. The molecule has 0 aliphatic heterocycles. The van der Waals surface area contributed by atoms with Crippen LogP contribution >= 0.6 is 11.8 Å². The lowest BCUT2D eigenvalue weighted by Gasteiger charge is -2.24. The van der Waals surface area contributed by atoms with E-state index < -0.39 is 0 Å². The second kappa shape index (κ2) is 7.99. The number of thioether (sulfide) groups is 1. The van der Waals surface area contributed by atoms with Crippen molar-refractivity contribution >= 4 is 17.7 Å². The maximum atomic E-state index is 11.9. The van der Waals surface area contributed by atoms with E-state index in [2.05, 4.69) is 0 Å². The van der Waals surface area contributed by atoms with E-state index >= 15 is 0 Å². The molecule has 0 aromatic carbocycles. The maximum Gasteiger partial charge on any atom is 0.235 e. The summed E-state index contributed by atoms with van der Waals surface area (Å²) in [5.74, 6) is 0.204. The van der Waals surface area contributed by atoms with E-state index in [4.69, 9.17) is 5.11 Å². The van der Waals surface area contributed by atoms with Crippen molar-refractivity contribution < 1.29 is 9.90 Å². The molecule has 4 heteroatoms. The predicted octanol–water partition coefficient (Wildman–Crippen LogP) is 1.75. The topological polar surface area (TPSA) is 40.5 Å². The first-order valence-electron chi connectivity index (χ1n) is 5.61. The summed E-state index contributed by atoms with van der Waals surface area (Å²) in [5.41, 5.74) is 0. The van der Waals surface area contributed by atoms with Crippen molar-refractivity contribution in [3.63, 3.8) is 0 Å². The van der Waals surface area contributed by atoms with E-state index in [0.29, 0.717) is 5.25 Å². The van der Waals surface area contributed by atoms with Gasteiger partial charge in [-0.05, 0) is 27.2 Å². The zero-order valence-electron chi connectivity index (χ0n) is 10.2. The molecule has 0 fully saturated rings. The van der Waals surface area contributed by atoms with Crippen molar-refractivity contribution in [2.24, 2.45) is 0 Å². The molecule has 1 N–H and O–H groups in total. The summed E-state index contributed by atoms with van der Waals surface area (Å²) in [6.45, 7) is 9.72. The number of aliphatic hydroxyl groups excluding tert-OH is 1. The number of amides is 1. The van der Waals surface area contributed by atoms with E-state index in [0.717, 1.165) is 19.5 Å². The fraction of sp³-hybridized carbons (Fsp3) is 0.909. The van der Waals surface area contributed by atoms with Crippen LogP contribution in [0.1, 0.15) is 34.1 Å². The van der Waals surface area contributed by atoms with E-state index in [1.54, 1.807) is 11.8 Å². The third-order valence-corrected chi connectivity index (χ3v) is 3.71. The largest absolute Gasteiger partial charge is 0.396 e. The second-order valence-electron chi connectivity index (χ2n) is 3.61. The van der Waals surface area contributed by atoms with Crippen LogP contribution in [0.15, 0.2) is 0 Å². The molecule has 0 radical (unpaired) electrons. The molecule has 2 unspecified atom stereocenters. The average Bonchev–Trinajstić information content (AvgIpc) is 2.19. The highest BCUT2D eigenvalue weighted by molar-refractivity contribution is 8.01. The molecule has 90 valence electrons. The van der Waals surface area contributed by atoms with Gasteiger partial charge in [-0.2, -0.15) is 0 Å². The molecule has 0 spiro atoms. The van der Waals surface area contributed by atoms with E-state index in [-0.39, 0.29) is 17.8 Å². The Hall–Kier alpha value is -0.220. The molecule has 15 heavy (non-hydrogen) atoms. The van der Waals surface area contributed by atoms with Gasteiger partial charge >= 0.3 is 0 Å². The first-order valence-corrected chi connectivity index (χ1v) is 6.56. The second-order valence-corrected chi connectivity index (χ2v) is 5.40. The van der Waals surface area contributed by atoms with Crippen molar-refractivity contribution in [1.29, 1.82) is 0 Å². The predicted molar refractivity (Wildman–Crippen MR) is 66.1 cm³/mol. The van der Waals surface area contributed by atoms with Crippen LogP contribution in [0.2, 0.25) is 0 Å². The highest BCUT2D eigenvalue weighted by Gasteiger charge is 2.20. The van der Waals surface area contributed by atoms with Gasteiger partial charge in [0.2, 0.25) is 5.91 Å². The van der Waals surface area contributed by atoms with Gasteiger partial charge in [0, 0.05) is 24.9 Å². The highest BCUT2D eigenvalue weighted by atomic mass is 32.2. The first-order chi connectivity index (χ1) is 7.06. The Balaban J connectivity index is 4.07. The number of carbonyl (C=O) groups excluding carboxylic acids is 1. The zero-order chi connectivity index (χ0) is 11.8. The van der Waals surface area contributed by atoms with Crippen molar-refractivity contribution in [3.05, 3.63) is 0 Å².